The summed E-state index contributed by atoms with van der Waals surface area (Å²) in [5.41, 5.74) is 4.26. The van der Waals surface area contributed by atoms with E-state index in [0.717, 1.165) is 25.2 Å². The van der Waals surface area contributed by atoms with Crippen LogP contribution in [-0.2, 0) is 19.1 Å². The lowest BCUT2D eigenvalue weighted by molar-refractivity contribution is -0.384. The number of allylic oxidation sites excluding steroid dienone is 1. The van der Waals surface area contributed by atoms with Gasteiger partial charge in [0.1, 0.15) is 23.0 Å². The normalized spacial score (nSPS) is 15.6. The summed E-state index contributed by atoms with van der Waals surface area (Å²) in [5.74, 6) is -4.82. The molecule has 2 aromatic rings. The molecular weight excluding hydrogens is 471 g/mol. The van der Waals surface area contributed by atoms with Crippen LogP contribution in [0.3, 0.4) is 0 Å². The fraction of sp³-hybridized carbons (Fsp3) is 0.136. The van der Waals surface area contributed by atoms with Crippen molar-refractivity contribution in [3.8, 4) is 6.07 Å². The molecule has 0 radical (unpaired) electrons. The van der Waals surface area contributed by atoms with Crippen LogP contribution in [0.25, 0.3) is 0 Å². The van der Waals surface area contributed by atoms with Gasteiger partial charge < -0.3 is 15.2 Å². The number of nitrogens with zero attached hydrogens (tertiary/aromatic N) is 3. The van der Waals surface area contributed by atoms with Gasteiger partial charge >= 0.3 is 11.9 Å². The predicted octanol–water partition coefficient (Wildman–Crippen LogP) is 3.29. The SMILES string of the molecule is COC(=O)C1=C(C(=O)OC)N(c2cc(Cl)c(F)cc2[N+](=O)[O-])C(N)=C(C#N)C1c1ccccc1. The van der Waals surface area contributed by atoms with Crippen LogP contribution in [0.2, 0.25) is 5.02 Å². The number of nitro groups is 1. The van der Waals surface area contributed by atoms with Gasteiger partial charge in [0.05, 0.1) is 53.4 Å². The van der Waals surface area contributed by atoms with Crippen LogP contribution in [0.1, 0.15) is 11.5 Å². The molecule has 1 aliphatic rings. The number of carbonyl (C=O) groups is 2. The number of halogens is 2. The minimum absolute atomic E-state index is 0.214. The number of carbonyl (C=O) groups excluding carboxylic acids is 2. The number of nitrogens with two attached hydrogens (primary N) is 1. The van der Waals surface area contributed by atoms with E-state index < -0.39 is 56.5 Å². The molecule has 0 amide bonds. The maximum Gasteiger partial charge on any atom is 0.355 e. The highest BCUT2D eigenvalue weighted by Gasteiger charge is 2.44. The first-order valence-electron chi connectivity index (χ1n) is 9.46. The molecule has 10 nitrogen and oxygen atoms in total. The number of methoxy groups -OCH3 is 2. The molecule has 0 bridgehead atoms. The fourth-order valence-electron chi connectivity index (χ4n) is 3.61. The van der Waals surface area contributed by atoms with Crippen LogP contribution in [-0.4, -0.2) is 31.1 Å². The summed E-state index contributed by atoms with van der Waals surface area (Å²) < 4.78 is 23.8. The number of hydrogen-bond acceptors (Lipinski definition) is 9. The molecule has 3 rings (SSSR count). The van der Waals surface area contributed by atoms with Gasteiger partial charge in [0.15, 0.2) is 0 Å². The first kappa shape index (κ1) is 24.2. The highest BCUT2D eigenvalue weighted by molar-refractivity contribution is 6.31. The van der Waals surface area contributed by atoms with E-state index in [4.69, 9.17) is 26.8 Å². The lowest BCUT2D eigenvalue weighted by Crippen LogP contribution is -2.41. The molecule has 0 saturated carbocycles. The van der Waals surface area contributed by atoms with Gasteiger partial charge in [-0.1, -0.05) is 41.9 Å². The van der Waals surface area contributed by atoms with E-state index in [1.165, 1.54) is 0 Å². The molecular formula is C22H16ClFN4O6. The second-order valence-corrected chi connectivity index (χ2v) is 7.25. The zero-order valence-electron chi connectivity index (χ0n) is 17.7. The van der Waals surface area contributed by atoms with Crippen molar-refractivity contribution in [2.24, 2.45) is 5.73 Å². The first-order chi connectivity index (χ1) is 16.2. The molecule has 0 fully saturated rings. The summed E-state index contributed by atoms with van der Waals surface area (Å²) in [6, 6.07) is 11.5. The number of hydrogen-bond donors (Lipinski definition) is 1. The summed E-state index contributed by atoms with van der Waals surface area (Å²) in [6.07, 6.45) is 0. The zero-order valence-corrected chi connectivity index (χ0v) is 18.5. The molecule has 0 spiro atoms. The summed E-state index contributed by atoms with van der Waals surface area (Å²) >= 11 is 5.87. The molecule has 12 heteroatoms. The van der Waals surface area contributed by atoms with Gasteiger partial charge in [-0.05, 0) is 11.6 Å². The number of esters is 2. The van der Waals surface area contributed by atoms with Crippen molar-refractivity contribution in [2.75, 3.05) is 19.1 Å². The molecule has 0 saturated heterocycles. The van der Waals surface area contributed by atoms with Crippen molar-refractivity contribution in [2.45, 2.75) is 5.92 Å². The van der Waals surface area contributed by atoms with Crippen molar-refractivity contribution >= 4 is 34.9 Å². The molecule has 2 aromatic carbocycles. The number of rotatable bonds is 5. The Labute approximate surface area is 197 Å². The van der Waals surface area contributed by atoms with Crippen LogP contribution in [0.15, 0.2) is 65.1 Å². The van der Waals surface area contributed by atoms with Crippen LogP contribution < -0.4 is 10.6 Å². The van der Waals surface area contributed by atoms with Gasteiger partial charge in [0.2, 0.25) is 0 Å². The standard InChI is InChI=1S/C22H16ClFN4O6/c1-33-21(29)18-17(11-6-4-3-5-7-11)12(10-25)20(26)27(19(18)22(30)34-2)15-8-13(23)14(24)9-16(15)28(31)32/h3-9,17H,26H2,1-2H3. The Morgan fingerprint density at radius 3 is 2.35 bits per heavy atom. The zero-order chi connectivity index (χ0) is 25.2. The predicted molar refractivity (Wildman–Crippen MR) is 118 cm³/mol. The lowest BCUT2D eigenvalue weighted by atomic mass is 9.81. The molecule has 34 heavy (non-hydrogen) atoms. The highest BCUT2D eigenvalue weighted by Crippen LogP contribution is 2.46. The van der Waals surface area contributed by atoms with Crippen LogP contribution >= 0.6 is 11.6 Å². The van der Waals surface area contributed by atoms with E-state index in [-0.39, 0.29) is 11.1 Å². The average Bonchev–Trinajstić information content (AvgIpc) is 2.84. The molecule has 174 valence electrons. The van der Waals surface area contributed by atoms with Crippen molar-refractivity contribution in [1.82, 2.24) is 0 Å². The summed E-state index contributed by atoms with van der Waals surface area (Å²) in [4.78, 5) is 37.5. The van der Waals surface area contributed by atoms with E-state index >= 15 is 0 Å². The van der Waals surface area contributed by atoms with Gasteiger partial charge in [-0.25, -0.2) is 14.0 Å². The second-order valence-electron chi connectivity index (χ2n) is 6.85. The summed E-state index contributed by atoms with van der Waals surface area (Å²) in [7, 11) is 2.08. The average molecular weight is 487 g/mol. The summed E-state index contributed by atoms with van der Waals surface area (Å²) in [5, 5.41) is 21.1. The Hall–Kier alpha value is -4.43. The first-order valence-corrected chi connectivity index (χ1v) is 9.84. The third-order valence-electron chi connectivity index (χ3n) is 5.07. The molecule has 1 unspecified atom stereocenters. The number of nitriles is 1. The van der Waals surface area contributed by atoms with Gasteiger partial charge in [0.25, 0.3) is 5.69 Å². The van der Waals surface area contributed by atoms with Gasteiger partial charge in [-0.2, -0.15) is 5.26 Å². The topological polar surface area (TPSA) is 149 Å². The minimum Gasteiger partial charge on any atom is -0.466 e. The van der Waals surface area contributed by atoms with Gasteiger partial charge in [-0.15, -0.1) is 0 Å². The molecule has 0 aromatic heterocycles. The Kier molecular flexibility index (Phi) is 6.84. The van der Waals surface area contributed by atoms with E-state index in [9.17, 15) is 29.4 Å². The summed E-state index contributed by atoms with van der Waals surface area (Å²) in [6.45, 7) is 0. The van der Waals surface area contributed by atoms with E-state index in [1.54, 1.807) is 30.3 Å². The Morgan fingerprint density at radius 2 is 1.82 bits per heavy atom. The molecule has 1 heterocycles. The Morgan fingerprint density at radius 1 is 1.21 bits per heavy atom. The van der Waals surface area contributed by atoms with Gasteiger partial charge in [-0.3, -0.25) is 15.0 Å². The Bertz CT molecular complexity index is 1300. The third kappa shape index (κ3) is 4.02. The lowest BCUT2D eigenvalue weighted by Gasteiger charge is -2.35. The number of anilines is 1. The van der Waals surface area contributed by atoms with Crippen LogP contribution in [0, 0.1) is 27.3 Å². The second kappa shape index (κ2) is 9.60. The van der Waals surface area contributed by atoms with Crippen molar-refractivity contribution in [3.05, 3.63) is 91.6 Å². The molecule has 1 atom stereocenters. The molecule has 2 N–H and O–H groups in total. The maximum atomic E-state index is 14.1. The van der Waals surface area contributed by atoms with Crippen LogP contribution in [0.5, 0.6) is 0 Å². The monoisotopic (exact) mass is 486 g/mol. The van der Waals surface area contributed by atoms with Crippen LogP contribution in [0.4, 0.5) is 15.8 Å². The number of ether oxygens (including phenoxy) is 2. The largest absolute Gasteiger partial charge is 0.466 e. The smallest absolute Gasteiger partial charge is 0.355 e. The highest BCUT2D eigenvalue weighted by atomic mass is 35.5. The molecule has 1 aliphatic heterocycles. The van der Waals surface area contributed by atoms with E-state index in [2.05, 4.69) is 0 Å². The van der Waals surface area contributed by atoms with Gasteiger partial charge in [0, 0.05) is 0 Å². The third-order valence-corrected chi connectivity index (χ3v) is 5.36. The number of benzene rings is 2. The Balaban J connectivity index is 2.51. The fourth-order valence-corrected chi connectivity index (χ4v) is 3.77. The number of nitro benzene ring substituents is 1. The quantitative estimate of drug-likeness (QED) is 0.381. The van der Waals surface area contributed by atoms with E-state index in [1.807, 2.05) is 6.07 Å². The maximum absolute atomic E-state index is 14.1. The van der Waals surface area contributed by atoms with Crippen molar-refractivity contribution < 1.29 is 28.4 Å². The van der Waals surface area contributed by atoms with Crippen molar-refractivity contribution in [3.63, 3.8) is 0 Å². The minimum atomic E-state index is -1.17. The van der Waals surface area contributed by atoms with Crippen molar-refractivity contribution in [1.29, 1.82) is 5.26 Å². The van der Waals surface area contributed by atoms with E-state index in [0.29, 0.717) is 11.6 Å². The molecule has 0 aliphatic carbocycles.